The number of nitrogens with zero attached hydrogens (tertiary/aromatic N) is 5. The molecule has 27 heavy (non-hydrogen) atoms. The molecule has 0 saturated carbocycles. The van der Waals surface area contributed by atoms with Crippen LogP contribution in [0.5, 0.6) is 5.75 Å². The second kappa shape index (κ2) is 7.96. The molecule has 0 bridgehead atoms. The third kappa shape index (κ3) is 4.12. The molecule has 0 aliphatic carbocycles. The Kier molecular flexibility index (Phi) is 5.06. The van der Waals surface area contributed by atoms with Gasteiger partial charge in [-0.3, -0.25) is 0 Å². The zero-order chi connectivity index (χ0) is 18.5. The zero-order valence-corrected chi connectivity index (χ0v) is 15.0. The van der Waals surface area contributed by atoms with Crippen LogP contribution in [-0.2, 0) is 4.74 Å². The van der Waals surface area contributed by atoms with Crippen LogP contribution in [0, 0.1) is 0 Å². The molecule has 0 unspecified atom stereocenters. The standard InChI is InChI=1S/C19H20N6O2/c1-26-16-4-2-3-14(11-16)15-12-18(24-21-13-15)22-17-5-6-20-19(23-17)25-7-9-27-10-8-25/h2-6,11-13H,7-10H2,1H3,(H,20,22,23,24). The maximum absolute atomic E-state index is 5.38. The Labute approximate surface area is 157 Å². The van der Waals surface area contributed by atoms with E-state index in [9.17, 15) is 0 Å². The topological polar surface area (TPSA) is 85.3 Å². The lowest BCUT2D eigenvalue weighted by Gasteiger charge is -2.26. The fourth-order valence-electron chi connectivity index (χ4n) is 2.85. The summed E-state index contributed by atoms with van der Waals surface area (Å²) in [6.07, 6.45) is 3.46. The fraction of sp³-hybridized carbons (Fsp3) is 0.263. The van der Waals surface area contributed by atoms with Crippen LogP contribution in [0.1, 0.15) is 0 Å². The van der Waals surface area contributed by atoms with Gasteiger partial charge < -0.3 is 19.7 Å². The van der Waals surface area contributed by atoms with Crippen LogP contribution in [0.2, 0.25) is 0 Å². The average molecular weight is 364 g/mol. The maximum atomic E-state index is 5.38. The van der Waals surface area contributed by atoms with Crippen molar-refractivity contribution in [1.29, 1.82) is 0 Å². The summed E-state index contributed by atoms with van der Waals surface area (Å²) in [7, 11) is 1.65. The highest BCUT2D eigenvalue weighted by molar-refractivity contribution is 5.68. The SMILES string of the molecule is COc1cccc(-c2cnnc(Nc3ccnc(N4CCOCC4)n3)c2)c1. The Bertz CT molecular complexity index is 914. The number of methoxy groups -OCH3 is 1. The first kappa shape index (κ1) is 17.2. The molecule has 138 valence electrons. The van der Waals surface area contributed by atoms with E-state index >= 15 is 0 Å². The van der Waals surface area contributed by atoms with Gasteiger partial charge in [-0.05, 0) is 29.8 Å². The van der Waals surface area contributed by atoms with Crippen molar-refractivity contribution in [3.05, 3.63) is 48.8 Å². The van der Waals surface area contributed by atoms with Crippen molar-refractivity contribution in [2.75, 3.05) is 43.6 Å². The number of hydrogen-bond acceptors (Lipinski definition) is 8. The van der Waals surface area contributed by atoms with Gasteiger partial charge in [-0.1, -0.05) is 12.1 Å². The number of benzene rings is 1. The predicted octanol–water partition coefficient (Wildman–Crippen LogP) is 2.52. The molecule has 3 heterocycles. The minimum atomic E-state index is 0.613. The van der Waals surface area contributed by atoms with Gasteiger partial charge in [-0.25, -0.2) is 4.98 Å². The molecular weight excluding hydrogens is 344 g/mol. The van der Waals surface area contributed by atoms with Crippen LogP contribution >= 0.6 is 0 Å². The van der Waals surface area contributed by atoms with Gasteiger partial charge in [-0.2, -0.15) is 10.1 Å². The lowest BCUT2D eigenvalue weighted by Crippen LogP contribution is -2.37. The van der Waals surface area contributed by atoms with Gasteiger partial charge in [0.1, 0.15) is 11.6 Å². The molecule has 2 aromatic heterocycles. The first-order valence-corrected chi connectivity index (χ1v) is 8.72. The second-order valence-corrected chi connectivity index (χ2v) is 6.03. The monoisotopic (exact) mass is 364 g/mol. The summed E-state index contributed by atoms with van der Waals surface area (Å²) >= 11 is 0. The van der Waals surface area contributed by atoms with E-state index in [-0.39, 0.29) is 0 Å². The summed E-state index contributed by atoms with van der Waals surface area (Å²) in [4.78, 5) is 11.0. The van der Waals surface area contributed by atoms with E-state index in [1.807, 2.05) is 36.4 Å². The minimum absolute atomic E-state index is 0.613. The number of aromatic nitrogens is 4. The van der Waals surface area contributed by atoms with Crippen LogP contribution in [0.3, 0.4) is 0 Å². The summed E-state index contributed by atoms with van der Waals surface area (Å²) in [5.41, 5.74) is 1.94. The van der Waals surface area contributed by atoms with Crippen LogP contribution in [0.15, 0.2) is 48.8 Å². The molecule has 1 aliphatic rings. The van der Waals surface area contributed by atoms with Crippen molar-refractivity contribution in [2.24, 2.45) is 0 Å². The lowest BCUT2D eigenvalue weighted by molar-refractivity contribution is 0.122. The number of anilines is 3. The van der Waals surface area contributed by atoms with Crippen molar-refractivity contribution in [1.82, 2.24) is 20.2 Å². The predicted molar refractivity (Wildman–Crippen MR) is 102 cm³/mol. The molecule has 0 amide bonds. The largest absolute Gasteiger partial charge is 0.497 e. The molecule has 3 aromatic rings. The van der Waals surface area contributed by atoms with Gasteiger partial charge in [0.05, 0.1) is 26.5 Å². The average Bonchev–Trinajstić information content (AvgIpc) is 2.75. The van der Waals surface area contributed by atoms with Crippen LogP contribution < -0.4 is 15.0 Å². The molecule has 1 N–H and O–H groups in total. The Morgan fingerprint density at radius 1 is 1.07 bits per heavy atom. The fourth-order valence-corrected chi connectivity index (χ4v) is 2.85. The van der Waals surface area contributed by atoms with Gasteiger partial charge in [0.15, 0.2) is 5.82 Å². The van der Waals surface area contributed by atoms with Crippen molar-refractivity contribution in [2.45, 2.75) is 0 Å². The van der Waals surface area contributed by atoms with Crippen LogP contribution in [0.4, 0.5) is 17.6 Å². The number of ether oxygens (including phenoxy) is 2. The van der Waals surface area contributed by atoms with E-state index < -0.39 is 0 Å². The molecule has 8 nitrogen and oxygen atoms in total. The maximum Gasteiger partial charge on any atom is 0.227 e. The molecule has 8 heteroatoms. The molecule has 0 spiro atoms. The Morgan fingerprint density at radius 2 is 1.96 bits per heavy atom. The molecule has 0 atom stereocenters. The van der Waals surface area contributed by atoms with E-state index in [0.717, 1.165) is 30.0 Å². The quantitative estimate of drug-likeness (QED) is 0.739. The molecule has 1 saturated heterocycles. The van der Waals surface area contributed by atoms with Crippen molar-refractivity contribution in [3.8, 4) is 16.9 Å². The van der Waals surface area contributed by atoms with Crippen molar-refractivity contribution < 1.29 is 9.47 Å². The van der Waals surface area contributed by atoms with Gasteiger partial charge in [-0.15, -0.1) is 5.10 Å². The summed E-state index contributed by atoms with van der Waals surface area (Å²) in [6.45, 7) is 2.95. The minimum Gasteiger partial charge on any atom is -0.497 e. The van der Waals surface area contributed by atoms with Crippen molar-refractivity contribution >= 4 is 17.6 Å². The first-order valence-electron chi connectivity index (χ1n) is 8.72. The van der Waals surface area contributed by atoms with Gasteiger partial charge in [0, 0.05) is 24.8 Å². The Morgan fingerprint density at radius 3 is 2.81 bits per heavy atom. The first-order chi connectivity index (χ1) is 13.3. The normalized spacial score (nSPS) is 14.0. The molecule has 1 fully saturated rings. The third-order valence-corrected chi connectivity index (χ3v) is 4.25. The highest BCUT2D eigenvalue weighted by Gasteiger charge is 2.14. The molecule has 4 rings (SSSR count). The summed E-state index contributed by atoms with van der Waals surface area (Å²) in [5, 5.41) is 11.5. The van der Waals surface area contributed by atoms with Gasteiger partial charge >= 0.3 is 0 Å². The third-order valence-electron chi connectivity index (χ3n) is 4.25. The van der Waals surface area contributed by atoms with Crippen molar-refractivity contribution in [3.63, 3.8) is 0 Å². The van der Waals surface area contributed by atoms with E-state index in [1.54, 1.807) is 19.5 Å². The van der Waals surface area contributed by atoms with Crippen LogP contribution in [0.25, 0.3) is 11.1 Å². The lowest BCUT2D eigenvalue weighted by atomic mass is 10.1. The highest BCUT2D eigenvalue weighted by atomic mass is 16.5. The summed E-state index contributed by atoms with van der Waals surface area (Å²) < 4.78 is 10.7. The van der Waals surface area contributed by atoms with Gasteiger partial charge in [0.2, 0.25) is 5.95 Å². The highest BCUT2D eigenvalue weighted by Crippen LogP contribution is 2.25. The summed E-state index contributed by atoms with van der Waals surface area (Å²) in [5.74, 6) is 2.76. The van der Waals surface area contributed by atoms with E-state index in [1.165, 1.54) is 0 Å². The smallest absolute Gasteiger partial charge is 0.227 e. The second-order valence-electron chi connectivity index (χ2n) is 6.03. The number of morpholine rings is 1. The number of rotatable bonds is 5. The Balaban J connectivity index is 1.54. The van der Waals surface area contributed by atoms with E-state index in [0.29, 0.717) is 30.8 Å². The molecule has 0 radical (unpaired) electrons. The van der Waals surface area contributed by atoms with Gasteiger partial charge in [0.25, 0.3) is 0 Å². The molecule has 1 aromatic carbocycles. The molecular formula is C19H20N6O2. The Hall–Kier alpha value is -3.26. The summed E-state index contributed by atoms with van der Waals surface area (Å²) in [6, 6.07) is 11.6. The number of hydrogen-bond donors (Lipinski definition) is 1. The van der Waals surface area contributed by atoms with Crippen LogP contribution in [-0.4, -0.2) is 53.6 Å². The van der Waals surface area contributed by atoms with E-state index in [4.69, 9.17) is 9.47 Å². The van der Waals surface area contributed by atoms with E-state index in [2.05, 4.69) is 30.4 Å². The molecule has 1 aliphatic heterocycles. The number of nitrogens with one attached hydrogen (secondary N) is 1. The zero-order valence-electron chi connectivity index (χ0n) is 15.0.